The Balaban J connectivity index is 1.78. The van der Waals surface area contributed by atoms with Crippen molar-refractivity contribution in [3.63, 3.8) is 0 Å². The fraction of sp³-hybridized carbons (Fsp3) is 0.346. The van der Waals surface area contributed by atoms with Gasteiger partial charge in [0.15, 0.2) is 5.11 Å². The van der Waals surface area contributed by atoms with Gasteiger partial charge in [0, 0.05) is 24.9 Å². The van der Waals surface area contributed by atoms with Crippen molar-refractivity contribution in [1.82, 2.24) is 10.2 Å². The molecule has 0 saturated carbocycles. The number of allylic oxidation sites excluding steroid dienone is 1. The van der Waals surface area contributed by atoms with E-state index in [-0.39, 0.29) is 17.8 Å². The number of ether oxygens (including phenoxy) is 1. The van der Waals surface area contributed by atoms with Gasteiger partial charge < -0.3 is 20.3 Å². The summed E-state index contributed by atoms with van der Waals surface area (Å²) in [6.45, 7) is 6.20. The second kappa shape index (κ2) is 11.1. The molecular weight excluding hydrogens is 434 g/mol. The first-order valence-corrected chi connectivity index (χ1v) is 11.5. The predicted molar refractivity (Wildman–Crippen MR) is 135 cm³/mol. The molecule has 2 aromatic carbocycles. The van der Waals surface area contributed by atoms with Crippen LogP contribution in [0.1, 0.15) is 44.4 Å². The summed E-state index contributed by atoms with van der Waals surface area (Å²) in [7, 11) is 1.82. The number of hydrogen-bond acceptors (Lipinski definition) is 4. The smallest absolute Gasteiger partial charge is 0.338 e. The van der Waals surface area contributed by atoms with E-state index < -0.39 is 6.04 Å². The van der Waals surface area contributed by atoms with Crippen molar-refractivity contribution in [1.29, 1.82) is 0 Å². The minimum absolute atomic E-state index is 0.0638. The highest BCUT2D eigenvalue weighted by Crippen LogP contribution is 2.32. The van der Waals surface area contributed by atoms with E-state index in [0.717, 1.165) is 16.8 Å². The predicted octanol–water partition coefficient (Wildman–Crippen LogP) is 4.59. The molecule has 0 fully saturated rings. The van der Waals surface area contributed by atoms with Crippen molar-refractivity contribution in [3.05, 3.63) is 77.0 Å². The van der Waals surface area contributed by atoms with Gasteiger partial charge in [-0.3, -0.25) is 4.79 Å². The molecule has 0 unspecified atom stereocenters. The summed E-state index contributed by atoms with van der Waals surface area (Å²) in [5.41, 5.74) is 3.87. The fourth-order valence-electron chi connectivity index (χ4n) is 3.59. The van der Waals surface area contributed by atoms with Crippen LogP contribution in [0.3, 0.4) is 0 Å². The Bertz CT molecular complexity index is 1050. The van der Waals surface area contributed by atoms with Crippen LogP contribution in [0, 0.1) is 5.92 Å². The van der Waals surface area contributed by atoms with Crippen LogP contribution in [0.5, 0.6) is 0 Å². The highest BCUT2D eigenvalue weighted by Gasteiger charge is 2.33. The van der Waals surface area contributed by atoms with E-state index in [1.165, 1.54) is 0 Å². The van der Waals surface area contributed by atoms with Crippen molar-refractivity contribution in [2.24, 2.45) is 5.92 Å². The van der Waals surface area contributed by atoms with Gasteiger partial charge in [-0.2, -0.15) is 0 Å². The fourth-order valence-corrected chi connectivity index (χ4v) is 3.85. The van der Waals surface area contributed by atoms with Crippen molar-refractivity contribution in [3.8, 4) is 0 Å². The van der Waals surface area contributed by atoms with Crippen LogP contribution in [-0.2, 0) is 20.7 Å². The summed E-state index contributed by atoms with van der Waals surface area (Å²) < 4.78 is 5.54. The maximum Gasteiger partial charge on any atom is 0.338 e. The van der Waals surface area contributed by atoms with Gasteiger partial charge in [-0.25, -0.2) is 4.79 Å². The van der Waals surface area contributed by atoms with Crippen LogP contribution in [0.15, 0.2) is 65.9 Å². The number of aryl methyl sites for hydroxylation is 1. The molecule has 0 spiro atoms. The van der Waals surface area contributed by atoms with Crippen molar-refractivity contribution >= 4 is 34.9 Å². The third-order valence-corrected chi connectivity index (χ3v) is 5.90. The van der Waals surface area contributed by atoms with Crippen LogP contribution in [0.25, 0.3) is 0 Å². The maximum absolute atomic E-state index is 13.0. The molecule has 1 amide bonds. The Kier molecular flexibility index (Phi) is 8.22. The topological polar surface area (TPSA) is 70.7 Å². The normalized spacial score (nSPS) is 16.0. The van der Waals surface area contributed by atoms with Gasteiger partial charge >= 0.3 is 5.97 Å². The SMILES string of the molecule is CC1=C(C(=O)OCC(C)C)[C@@H](c2cccc(NC(=O)CCc3ccccc3)c2)NC(=S)N1C. The van der Waals surface area contributed by atoms with Gasteiger partial charge in [0.05, 0.1) is 18.2 Å². The van der Waals surface area contributed by atoms with Gasteiger partial charge in [-0.05, 0) is 54.7 Å². The Morgan fingerprint density at radius 2 is 1.88 bits per heavy atom. The number of esters is 1. The largest absolute Gasteiger partial charge is 0.462 e. The summed E-state index contributed by atoms with van der Waals surface area (Å²) in [6.07, 6.45) is 1.06. The van der Waals surface area contributed by atoms with Crippen LogP contribution in [0.4, 0.5) is 5.69 Å². The number of thiocarbonyl (C=S) groups is 1. The lowest BCUT2D eigenvalue weighted by Gasteiger charge is -2.35. The van der Waals surface area contributed by atoms with E-state index in [1.807, 2.05) is 82.4 Å². The number of anilines is 1. The van der Waals surface area contributed by atoms with Crippen molar-refractivity contribution < 1.29 is 14.3 Å². The number of benzene rings is 2. The van der Waals surface area contributed by atoms with E-state index in [0.29, 0.717) is 35.8 Å². The number of nitrogens with zero attached hydrogens (tertiary/aromatic N) is 1. The van der Waals surface area contributed by atoms with Gasteiger partial charge in [0.2, 0.25) is 5.91 Å². The quantitative estimate of drug-likeness (QED) is 0.439. The summed E-state index contributed by atoms with van der Waals surface area (Å²) in [5, 5.41) is 6.73. The third kappa shape index (κ3) is 6.42. The van der Waals surface area contributed by atoms with Crippen molar-refractivity contribution in [2.45, 2.75) is 39.7 Å². The van der Waals surface area contributed by atoms with Crippen LogP contribution in [-0.4, -0.2) is 35.5 Å². The maximum atomic E-state index is 13.0. The lowest BCUT2D eigenvalue weighted by molar-refractivity contribution is -0.140. The zero-order chi connectivity index (χ0) is 24.0. The molecule has 0 aliphatic carbocycles. The molecule has 2 aromatic rings. The van der Waals surface area contributed by atoms with Gasteiger partial charge in [-0.15, -0.1) is 0 Å². The number of amides is 1. The first kappa shape index (κ1) is 24.5. The zero-order valence-corrected chi connectivity index (χ0v) is 20.4. The Labute approximate surface area is 201 Å². The second-order valence-electron chi connectivity index (χ2n) is 8.59. The van der Waals surface area contributed by atoms with E-state index in [2.05, 4.69) is 10.6 Å². The Morgan fingerprint density at radius 3 is 2.58 bits per heavy atom. The van der Waals surface area contributed by atoms with Gasteiger partial charge in [-0.1, -0.05) is 56.3 Å². The summed E-state index contributed by atoms with van der Waals surface area (Å²) in [5.74, 6) is -0.199. The molecule has 7 heteroatoms. The molecule has 2 N–H and O–H groups in total. The molecular formula is C26H31N3O3S. The van der Waals surface area contributed by atoms with E-state index in [1.54, 1.807) is 4.90 Å². The number of nitrogens with one attached hydrogen (secondary N) is 2. The molecule has 1 aliphatic heterocycles. The van der Waals surface area contributed by atoms with Crippen LogP contribution < -0.4 is 10.6 Å². The zero-order valence-electron chi connectivity index (χ0n) is 19.6. The summed E-state index contributed by atoms with van der Waals surface area (Å²) >= 11 is 5.47. The molecule has 174 valence electrons. The Hall–Kier alpha value is -3.19. The number of carbonyl (C=O) groups is 2. The molecule has 0 radical (unpaired) electrons. The highest BCUT2D eigenvalue weighted by molar-refractivity contribution is 7.80. The molecule has 1 aliphatic rings. The lowest BCUT2D eigenvalue weighted by atomic mass is 9.94. The lowest BCUT2D eigenvalue weighted by Crippen LogP contribution is -2.46. The average Bonchev–Trinajstić information content (AvgIpc) is 2.80. The number of carbonyl (C=O) groups excluding carboxylic acids is 2. The monoisotopic (exact) mass is 465 g/mol. The third-order valence-electron chi connectivity index (χ3n) is 5.51. The minimum atomic E-state index is -0.463. The van der Waals surface area contributed by atoms with Crippen LogP contribution in [0.2, 0.25) is 0 Å². The van der Waals surface area contributed by atoms with E-state index >= 15 is 0 Å². The molecule has 0 saturated heterocycles. The molecule has 0 aromatic heterocycles. The standard InChI is InChI=1S/C26H31N3O3S/c1-17(2)16-32-25(31)23-18(3)29(4)26(33)28-24(23)20-11-8-12-21(15-20)27-22(30)14-13-19-9-6-5-7-10-19/h5-12,15,17,24H,13-14,16H2,1-4H3,(H,27,30)(H,28,33)/t24-/m1/s1. The van der Waals surface area contributed by atoms with Crippen molar-refractivity contribution in [2.75, 3.05) is 19.0 Å². The number of rotatable bonds is 8. The second-order valence-corrected chi connectivity index (χ2v) is 8.98. The highest BCUT2D eigenvalue weighted by atomic mass is 32.1. The molecule has 1 atom stereocenters. The van der Waals surface area contributed by atoms with Crippen LogP contribution >= 0.6 is 12.2 Å². The first-order valence-electron chi connectivity index (χ1n) is 11.1. The van der Waals surface area contributed by atoms with E-state index in [9.17, 15) is 9.59 Å². The molecule has 33 heavy (non-hydrogen) atoms. The minimum Gasteiger partial charge on any atom is -0.462 e. The molecule has 0 bridgehead atoms. The number of hydrogen-bond donors (Lipinski definition) is 2. The molecule has 6 nitrogen and oxygen atoms in total. The van der Waals surface area contributed by atoms with Gasteiger partial charge in [0.25, 0.3) is 0 Å². The summed E-state index contributed by atoms with van der Waals surface area (Å²) in [6, 6.07) is 16.9. The average molecular weight is 466 g/mol. The van der Waals surface area contributed by atoms with E-state index in [4.69, 9.17) is 17.0 Å². The molecule has 3 rings (SSSR count). The first-order chi connectivity index (χ1) is 15.8. The molecule has 1 heterocycles. The van der Waals surface area contributed by atoms with Gasteiger partial charge in [0.1, 0.15) is 0 Å². The summed E-state index contributed by atoms with van der Waals surface area (Å²) in [4.78, 5) is 27.2. The Morgan fingerprint density at radius 1 is 1.15 bits per heavy atom.